The lowest BCUT2D eigenvalue weighted by Gasteiger charge is -2.19. The van der Waals surface area contributed by atoms with E-state index in [0.29, 0.717) is 6.42 Å². The number of phenolic OH excluding ortho intramolecular Hbond substituents is 3. The number of aromatic hydroxyl groups is 3. The molecule has 0 unspecified atom stereocenters. The number of phenols is 3. The van der Waals surface area contributed by atoms with Gasteiger partial charge in [0.25, 0.3) is 0 Å². The third kappa shape index (κ3) is 2.91. The summed E-state index contributed by atoms with van der Waals surface area (Å²) in [5.41, 5.74) is 5.69. The number of aliphatic hydroxyl groups is 1. The highest BCUT2D eigenvalue weighted by molar-refractivity contribution is 5.85. The Bertz CT molecular complexity index is 336. The lowest BCUT2D eigenvalue weighted by molar-refractivity contribution is 0.138. The normalized spacial score (nSPS) is 13.9. The van der Waals surface area contributed by atoms with Gasteiger partial charge in [0.1, 0.15) is 17.2 Å². The Morgan fingerprint density at radius 1 is 1.19 bits per heavy atom. The lowest BCUT2D eigenvalue weighted by atomic mass is 9.98. The average Bonchev–Trinajstić information content (AvgIpc) is 2.14. The lowest BCUT2D eigenvalue weighted by Crippen LogP contribution is -2.25. The maximum atomic E-state index is 9.49. The fourth-order valence-electron chi connectivity index (χ4n) is 1.40. The summed E-state index contributed by atoms with van der Waals surface area (Å²) >= 11 is 0. The predicted molar refractivity (Wildman–Crippen MR) is 61.9 cm³/mol. The molecule has 0 spiro atoms. The van der Waals surface area contributed by atoms with Crippen LogP contribution >= 0.6 is 12.4 Å². The molecule has 0 heterocycles. The largest absolute Gasteiger partial charge is 0.508 e. The topological polar surface area (TPSA) is 107 Å². The van der Waals surface area contributed by atoms with Crippen molar-refractivity contribution in [3.8, 4) is 17.2 Å². The summed E-state index contributed by atoms with van der Waals surface area (Å²) in [6, 6.07) is 1.25. The fraction of sp³-hybridized carbons (Fsp3) is 0.400. The van der Waals surface area contributed by atoms with Crippen LogP contribution in [0.2, 0.25) is 0 Å². The summed E-state index contributed by atoms with van der Waals surface area (Å²) < 4.78 is 0. The quantitative estimate of drug-likeness (QED) is 0.549. The van der Waals surface area contributed by atoms with Crippen molar-refractivity contribution in [2.45, 2.75) is 25.5 Å². The van der Waals surface area contributed by atoms with Crippen LogP contribution in [0, 0.1) is 0 Å². The Kier molecular flexibility index (Phi) is 5.37. The standard InChI is InChI=1S/C10H15NO4.ClH/c1-2-6(13)10(11)9-7(14)3-5(12)4-8(9)15;/h3-4,6,10,12-15H,2,11H2,1H3;1H/t6-,10-;/m0./s1. The van der Waals surface area contributed by atoms with Gasteiger partial charge in [-0.1, -0.05) is 6.92 Å². The zero-order chi connectivity index (χ0) is 11.6. The van der Waals surface area contributed by atoms with Crippen LogP contribution in [-0.4, -0.2) is 26.5 Å². The molecule has 1 aromatic carbocycles. The van der Waals surface area contributed by atoms with Crippen LogP contribution in [0.1, 0.15) is 24.9 Å². The minimum Gasteiger partial charge on any atom is -0.508 e. The van der Waals surface area contributed by atoms with Gasteiger partial charge in [-0.15, -0.1) is 12.4 Å². The Labute approximate surface area is 99.6 Å². The van der Waals surface area contributed by atoms with Gasteiger partial charge >= 0.3 is 0 Å². The number of halogens is 1. The van der Waals surface area contributed by atoms with Crippen LogP contribution in [0.5, 0.6) is 17.2 Å². The van der Waals surface area contributed by atoms with Crippen molar-refractivity contribution in [2.75, 3.05) is 0 Å². The van der Waals surface area contributed by atoms with E-state index >= 15 is 0 Å². The summed E-state index contributed by atoms with van der Waals surface area (Å²) in [4.78, 5) is 0. The maximum Gasteiger partial charge on any atom is 0.127 e. The Morgan fingerprint density at radius 2 is 1.62 bits per heavy atom. The van der Waals surface area contributed by atoms with Crippen molar-refractivity contribution in [1.82, 2.24) is 0 Å². The molecule has 0 aromatic heterocycles. The molecular formula is C10H16ClNO4. The van der Waals surface area contributed by atoms with E-state index in [1.807, 2.05) is 0 Å². The molecule has 1 rings (SSSR count). The van der Waals surface area contributed by atoms with E-state index in [2.05, 4.69) is 0 Å². The van der Waals surface area contributed by atoms with Gasteiger partial charge in [0.15, 0.2) is 0 Å². The van der Waals surface area contributed by atoms with E-state index in [1.54, 1.807) is 6.92 Å². The van der Waals surface area contributed by atoms with Crippen LogP contribution in [0.25, 0.3) is 0 Å². The first-order chi connectivity index (χ1) is 6.97. The third-order valence-electron chi connectivity index (χ3n) is 2.29. The van der Waals surface area contributed by atoms with E-state index in [-0.39, 0.29) is 35.2 Å². The molecule has 6 heteroatoms. The number of rotatable bonds is 3. The van der Waals surface area contributed by atoms with Crippen LogP contribution in [-0.2, 0) is 0 Å². The summed E-state index contributed by atoms with van der Waals surface area (Å²) in [6.45, 7) is 1.74. The molecule has 0 aliphatic rings. The van der Waals surface area contributed by atoms with Crippen molar-refractivity contribution < 1.29 is 20.4 Å². The molecule has 0 amide bonds. The molecule has 0 saturated carbocycles. The molecule has 5 nitrogen and oxygen atoms in total. The molecule has 0 radical (unpaired) electrons. The molecule has 0 aliphatic heterocycles. The van der Waals surface area contributed by atoms with E-state index in [4.69, 9.17) is 10.8 Å². The van der Waals surface area contributed by atoms with E-state index in [1.165, 1.54) is 0 Å². The zero-order valence-electron chi connectivity index (χ0n) is 8.79. The third-order valence-corrected chi connectivity index (χ3v) is 2.29. The van der Waals surface area contributed by atoms with Gasteiger partial charge in [-0.2, -0.15) is 0 Å². The van der Waals surface area contributed by atoms with Gasteiger partial charge in [0, 0.05) is 12.1 Å². The predicted octanol–water partition coefficient (Wildman–Crippen LogP) is 0.996. The molecule has 92 valence electrons. The molecule has 0 bridgehead atoms. The molecular weight excluding hydrogens is 234 g/mol. The molecule has 2 atom stereocenters. The number of benzene rings is 1. The van der Waals surface area contributed by atoms with Gasteiger partial charge in [0.2, 0.25) is 0 Å². The fourth-order valence-corrected chi connectivity index (χ4v) is 1.40. The summed E-state index contributed by atoms with van der Waals surface area (Å²) in [5.74, 6) is -0.910. The molecule has 6 N–H and O–H groups in total. The number of nitrogens with two attached hydrogens (primary N) is 1. The molecule has 0 aliphatic carbocycles. The number of hydrogen-bond acceptors (Lipinski definition) is 5. The highest BCUT2D eigenvalue weighted by atomic mass is 35.5. The van der Waals surface area contributed by atoms with Crippen LogP contribution in [0.4, 0.5) is 0 Å². The second-order valence-corrected chi connectivity index (χ2v) is 3.40. The minimum atomic E-state index is -0.879. The highest BCUT2D eigenvalue weighted by Gasteiger charge is 2.22. The first-order valence-electron chi connectivity index (χ1n) is 4.65. The molecule has 1 aromatic rings. The molecule has 16 heavy (non-hydrogen) atoms. The Morgan fingerprint density at radius 3 is 2.00 bits per heavy atom. The Hall–Kier alpha value is -1.17. The second-order valence-electron chi connectivity index (χ2n) is 3.40. The van der Waals surface area contributed by atoms with Crippen molar-refractivity contribution in [2.24, 2.45) is 5.73 Å². The van der Waals surface area contributed by atoms with E-state index < -0.39 is 12.1 Å². The highest BCUT2D eigenvalue weighted by Crippen LogP contribution is 2.37. The zero-order valence-corrected chi connectivity index (χ0v) is 9.61. The maximum absolute atomic E-state index is 9.49. The average molecular weight is 250 g/mol. The van der Waals surface area contributed by atoms with Gasteiger partial charge in [0.05, 0.1) is 17.7 Å². The second kappa shape index (κ2) is 5.79. The van der Waals surface area contributed by atoms with Gasteiger partial charge < -0.3 is 26.2 Å². The van der Waals surface area contributed by atoms with Crippen molar-refractivity contribution >= 4 is 12.4 Å². The van der Waals surface area contributed by atoms with Crippen molar-refractivity contribution in [3.05, 3.63) is 17.7 Å². The van der Waals surface area contributed by atoms with Crippen molar-refractivity contribution in [3.63, 3.8) is 0 Å². The number of aliphatic hydroxyl groups excluding tert-OH is 1. The Balaban J connectivity index is 0.00000225. The summed E-state index contributed by atoms with van der Waals surface area (Å²) in [5, 5.41) is 37.5. The van der Waals surface area contributed by atoms with Crippen molar-refractivity contribution in [1.29, 1.82) is 0 Å². The smallest absolute Gasteiger partial charge is 0.127 e. The van der Waals surface area contributed by atoms with E-state index in [9.17, 15) is 15.3 Å². The SMILES string of the molecule is CC[C@H](O)[C@H](N)c1c(O)cc(O)cc1O.Cl. The minimum absolute atomic E-state index is 0. The first kappa shape index (κ1) is 14.8. The first-order valence-corrected chi connectivity index (χ1v) is 4.65. The number of hydrogen-bond donors (Lipinski definition) is 5. The van der Waals surface area contributed by atoms with Gasteiger partial charge in [-0.05, 0) is 6.42 Å². The van der Waals surface area contributed by atoms with E-state index in [0.717, 1.165) is 12.1 Å². The summed E-state index contributed by atoms with van der Waals surface area (Å²) in [7, 11) is 0. The molecule has 0 fully saturated rings. The monoisotopic (exact) mass is 249 g/mol. The van der Waals surface area contributed by atoms with Crippen LogP contribution in [0.3, 0.4) is 0 Å². The van der Waals surface area contributed by atoms with Gasteiger partial charge in [-0.3, -0.25) is 0 Å². The summed E-state index contributed by atoms with van der Waals surface area (Å²) in [6.07, 6.45) is -0.452. The van der Waals surface area contributed by atoms with Gasteiger partial charge in [-0.25, -0.2) is 0 Å². The van der Waals surface area contributed by atoms with Crippen LogP contribution < -0.4 is 5.73 Å². The molecule has 0 saturated heterocycles. The van der Waals surface area contributed by atoms with Crippen LogP contribution in [0.15, 0.2) is 12.1 Å².